The van der Waals surface area contributed by atoms with Crippen molar-refractivity contribution in [3.63, 3.8) is 0 Å². The summed E-state index contributed by atoms with van der Waals surface area (Å²) in [4.78, 5) is 21.3. The van der Waals surface area contributed by atoms with E-state index in [2.05, 4.69) is 30.2 Å². The highest BCUT2D eigenvalue weighted by atomic mass is 32.2. The minimum Gasteiger partial charge on any atom is -0.455 e. The molecule has 6 rings (SSSR count). The summed E-state index contributed by atoms with van der Waals surface area (Å²) in [5, 5.41) is 4.87. The summed E-state index contributed by atoms with van der Waals surface area (Å²) >= 11 is 3.06. The summed E-state index contributed by atoms with van der Waals surface area (Å²) in [6.45, 7) is 4.14. The number of thioether (sulfide) groups is 1. The quantitative estimate of drug-likeness (QED) is 0.820. The zero-order valence-corrected chi connectivity index (χ0v) is 15.0. The van der Waals surface area contributed by atoms with E-state index >= 15 is 0 Å². The van der Waals surface area contributed by atoms with Crippen LogP contribution in [0.1, 0.15) is 12.8 Å². The van der Waals surface area contributed by atoms with E-state index in [1.807, 2.05) is 6.26 Å². The number of thiazole rings is 1. The standard InChI is InChI=1S/C15H18N6OS2/c1-23-10-6-16-11-12(18-10)24-14(19-11)20-13-17-7-15(22-13)8-21-4-2-9(15)3-5-21/h6,9H,2-5,7-8H2,1H3,(H,16,17,19,20)/t15-/m0/s1. The van der Waals surface area contributed by atoms with Crippen molar-refractivity contribution in [2.75, 3.05) is 37.8 Å². The Hall–Kier alpha value is -1.45. The van der Waals surface area contributed by atoms with Crippen LogP contribution in [0, 0.1) is 5.92 Å². The maximum absolute atomic E-state index is 6.29. The molecule has 9 heteroatoms. The summed E-state index contributed by atoms with van der Waals surface area (Å²) in [5.41, 5.74) is 0.536. The van der Waals surface area contributed by atoms with Crippen molar-refractivity contribution in [3.8, 4) is 0 Å². The molecule has 2 aromatic heterocycles. The van der Waals surface area contributed by atoms with E-state index in [9.17, 15) is 0 Å². The average Bonchev–Trinajstić information content (AvgIpc) is 3.19. The Kier molecular flexibility index (Phi) is 3.43. The van der Waals surface area contributed by atoms with Crippen molar-refractivity contribution in [1.82, 2.24) is 19.9 Å². The van der Waals surface area contributed by atoms with Gasteiger partial charge < -0.3 is 4.74 Å². The molecule has 24 heavy (non-hydrogen) atoms. The van der Waals surface area contributed by atoms with Crippen LogP contribution in [0.2, 0.25) is 0 Å². The molecule has 2 aromatic rings. The number of hydrogen-bond acceptors (Lipinski definition) is 9. The fraction of sp³-hybridized carbons (Fsp3) is 0.600. The van der Waals surface area contributed by atoms with Gasteiger partial charge in [0.1, 0.15) is 10.6 Å². The van der Waals surface area contributed by atoms with Crippen molar-refractivity contribution in [2.45, 2.75) is 23.5 Å². The lowest BCUT2D eigenvalue weighted by molar-refractivity contribution is -0.0829. The predicted molar refractivity (Wildman–Crippen MR) is 95.9 cm³/mol. The molecule has 0 radical (unpaired) electrons. The SMILES string of the molecule is CSc1cnc2nc(NC3=NC[C@@]4(CN5CCC4CC5)O3)sc2n1. The van der Waals surface area contributed by atoms with Crippen molar-refractivity contribution >= 4 is 44.7 Å². The smallest absolute Gasteiger partial charge is 0.291 e. The number of nitrogens with zero attached hydrogens (tertiary/aromatic N) is 5. The zero-order chi connectivity index (χ0) is 16.1. The second kappa shape index (κ2) is 5.53. The highest BCUT2D eigenvalue weighted by molar-refractivity contribution is 7.98. The third-order valence-electron chi connectivity index (χ3n) is 5.14. The van der Waals surface area contributed by atoms with Gasteiger partial charge in [-0.15, -0.1) is 11.8 Å². The second-order valence-corrected chi connectivity index (χ2v) is 8.33. The van der Waals surface area contributed by atoms with Crippen LogP contribution < -0.4 is 5.32 Å². The molecule has 0 aliphatic carbocycles. The van der Waals surface area contributed by atoms with E-state index in [1.54, 1.807) is 18.0 Å². The van der Waals surface area contributed by atoms with Gasteiger partial charge in [-0.1, -0.05) is 11.3 Å². The van der Waals surface area contributed by atoms with Crippen LogP contribution in [0.25, 0.3) is 10.5 Å². The number of piperidine rings is 3. The van der Waals surface area contributed by atoms with Crippen LogP contribution in [0.4, 0.5) is 5.13 Å². The molecule has 4 aliphatic rings. The van der Waals surface area contributed by atoms with Crippen LogP contribution in [-0.4, -0.2) is 63.9 Å². The molecule has 0 aromatic carbocycles. The molecule has 1 N–H and O–H groups in total. The summed E-state index contributed by atoms with van der Waals surface area (Å²) < 4.78 is 6.29. The Morgan fingerprint density at radius 3 is 3.00 bits per heavy atom. The Balaban J connectivity index is 1.34. The number of amidine groups is 1. The van der Waals surface area contributed by atoms with Gasteiger partial charge in [0.25, 0.3) is 6.02 Å². The highest BCUT2D eigenvalue weighted by Gasteiger charge is 2.51. The Morgan fingerprint density at radius 2 is 2.25 bits per heavy atom. The lowest BCUT2D eigenvalue weighted by atomic mass is 9.75. The van der Waals surface area contributed by atoms with Gasteiger partial charge in [0.2, 0.25) is 0 Å². The number of aromatic nitrogens is 3. The number of ether oxygens (including phenoxy) is 1. The maximum atomic E-state index is 6.29. The molecular weight excluding hydrogens is 344 g/mol. The zero-order valence-electron chi connectivity index (χ0n) is 13.4. The molecular formula is C15H18N6OS2. The number of nitrogens with one attached hydrogen (secondary N) is 1. The lowest BCUT2D eigenvalue weighted by Crippen LogP contribution is -2.61. The van der Waals surface area contributed by atoms with Gasteiger partial charge in [-0.25, -0.2) is 15.0 Å². The third-order valence-corrected chi connectivity index (χ3v) is 6.61. The Bertz CT molecular complexity index is 815. The normalized spacial score (nSPS) is 31.5. The first-order valence-corrected chi connectivity index (χ1v) is 10.2. The maximum Gasteiger partial charge on any atom is 0.291 e. The van der Waals surface area contributed by atoms with Crippen LogP contribution in [0.5, 0.6) is 0 Å². The van der Waals surface area contributed by atoms with Gasteiger partial charge in [-0.05, 0) is 32.2 Å². The Morgan fingerprint density at radius 1 is 1.38 bits per heavy atom. The fourth-order valence-electron chi connectivity index (χ4n) is 3.90. The molecule has 126 valence electrons. The Labute approximate surface area is 147 Å². The molecule has 1 spiro atoms. The highest BCUT2D eigenvalue weighted by Crippen LogP contribution is 2.41. The monoisotopic (exact) mass is 362 g/mol. The molecule has 6 heterocycles. The van der Waals surface area contributed by atoms with E-state index < -0.39 is 0 Å². The molecule has 0 unspecified atom stereocenters. The summed E-state index contributed by atoms with van der Waals surface area (Å²) in [5.74, 6) is 0.619. The van der Waals surface area contributed by atoms with Crippen LogP contribution in [0.3, 0.4) is 0 Å². The minimum atomic E-state index is -0.127. The average molecular weight is 362 g/mol. The number of rotatable bonds is 2. The molecule has 2 bridgehead atoms. The second-order valence-electron chi connectivity index (χ2n) is 6.52. The fourth-order valence-corrected chi connectivity index (χ4v) is 5.08. The van der Waals surface area contributed by atoms with Gasteiger partial charge in [0.05, 0.1) is 12.7 Å². The number of aliphatic imine (C=N–C) groups is 1. The first-order valence-electron chi connectivity index (χ1n) is 8.14. The van der Waals surface area contributed by atoms with Gasteiger partial charge in [-0.2, -0.15) is 4.98 Å². The molecule has 0 saturated carbocycles. The van der Waals surface area contributed by atoms with Crippen molar-refractivity contribution < 1.29 is 4.74 Å². The van der Waals surface area contributed by atoms with E-state index in [4.69, 9.17) is 4.74 Å². The van der Waals surface area contributed by atoms with E-state index in [1.165, 1.54) is 37.3 Å². The summed E-state index contributed by atoms with van der Waals surface area (Å²) in [6.07, 6.45) is 6.18. The van der Waals surface area contributed by atoms with Crippen LogP contribution >= 0.6 is 23.1 Å². The molecule has 7 nitrogen and oxygen atoms in total. The molecule has 4 aliphatic heterocycles. The van der Waals surface area contributed by atoms with Gasteiger partial charge in [0, 0.05) is 12.5 Å². The molecule has 3 saturated heterocycles. The number of fused-ring (bicyclic) bond motifs is 3. The van der Waals surface area contributed by atoms with E-state index in [-0.39, 0.29) is 5.60 Å². The van der Waals surface area contributed by atoms with Gasteiger partial charge in [-0.3, -0.25) is 10.2 Å². The van der Waals surface area contributed by atoms with Crippen molar-refractivity contribution in [2.24, 2.45) is 10.9 Å². The lowest BCUT2D eigenvalue weighted by Gasteiger charge is -2.50. The molecule has 3 fully saturated rings. The first-order chi connectivity index (χ1) is 11.7. The van der Waals surface area contributed by atoms with E-state index in [0.29, 0.717) is 17.6 Å². The van der Waals surface area contributed by atoms with Gasteiger partial charge in [0.15, 0.2) is 15.6 Å². The van der Waals surface area contributed by atoms with Crippen LogP contribution in [0.15, 0.2) is 16.2 Å². The third kappa shape index (κ3) is 2.37. The number of anilines is 1. The molecule has 1 atom stereocenters. The van der Waals surface area contributed by atoms with Crippen LogP contribution in [-0.2, 0) is 4.74 Å². The minimum absolute atomic E-state index is 0.127. The number of hydrogen-bond donors (Lipinski definition) is 1. The summed E-state index contributed by atoms with van der Waals surface area (Å²) in [6, 6.07) is 0.591. The largest absolute Gasteiger partial charge is 0.455 e. The topological polar surface area (TPSA) is 75.5 Å². The first kappa shape index (κ1) is 14.9. The van der Waals surface area contributed by atoms with Crippen molar-refractivity contribution in [1.29, 1.82) is 0 Å². The van der Waals surface area contributed by atoms with Crippen molar-refractivity contribution in [3.05, 3.63) is 6.20 Å². The molecule has 0 amide bonds. The summed E-state index contributed by atoms with van der Waals surface area (Å²) in [7, 11) is 0. The van der Waals surface area contributed by atoms with E-state index in [0.717, 1.165) is 28.1 Å². The van der Waals surface area contributed by atoms with Gasteiger partial charge >= 0.3 is 0 Å². The predicted octanol–water partition coefficient (Wildman–Crippen LogP) is 2.07.